The van der Waals surface area contributed by atoms with Crippen LogP contribution in [-0.4, -0.2) is 14.3 Å². The summed E-state index contributed by atoms with van der Waals surface area (Å²) in [5.41, 5.74) is -0.156. The first-order valence-electron chi connectivity index (χ1n) is 6.29. The Morgan fingerprint density at radius 3 is 1.82 bits per heavy atom. The predicted molar refractivity (Wildman–Crippen MR) is 85.5 cm³/mol. The molecule has 22 heavy (non-hydrogen) atoms. The Morgan fingerprint density at radius 1 is 0.773 bits per heavy atom. The van der Waals surface area contributed by atoms with Crippen LogP contribution in [-0.2, 0) is 0 Å². The summed E-state index contributed by atoms with van der Waals surface area (Å²) in [7, 11) is 0. The largest absolute Gasteiger partial charge is 0.356 e. The first kappa shape index (κ1) is 14.6. The third-order valence-electron chi connectivity index (χ3n) is 3.03. The molecular formula is C15H9Cl2N3O2. The van der Waals surface area contributed by atoms with E-state index in [1.165, 1.54) is 0 Å². The van der Waals surface area contributed by atoms with Crippen LogP contribution in [0, 0.1) is 0 Å². The van der Waals surface area contributed by atoms with Gasteiger partial charge in [-0.15, -0.1) is 0 Å². The zero-order valence-electron chi connectivity index (χ0n) is 11.1. The molecule has 5 nitrogen and oxygen atoms in total. The predicted octanol–water partition coefficient (Wildman–Crippen LogP) is 2.69. The second kappa shape index (κ2) is 5.79. The average molecular weight is 334 g/mol. The van der Waals surface area contributed by atoms with E-state index in [0.717, 1.165) is 15.4 Å². The van der Waals surface area contributed by atoms with E-state index in [1.54, 1.807) is 48.5 Å². The van der Waals surface area contributed by atoms with Crippen molar-refractivity contribution in [3.8, 4) is 11.4 Å². The maximum absolute atomic E-state index is 12.6. The van der Waals surface area contributed by atoms with Crippen molar-refractivity contribution in [1.29, 1.82) is 0 Å². The van der Waals surface area contributed by atoms with Crippen molar-refractivity contribution in [3.05, 3.63) is 85.6 Å². The Morgan fingerprint density at radius 2 is 1.27 bits per heavy atom. The maximum Gasteiger partial charge on any atom is 0.356 e. The number of benzene rings is 2. The minimum Gasteiger partial charge on any atom is -0.267 e. The maximum atomic E-state index is 12.6. The smallest absolute Gasteiger partial charge is 0.267 e. The Labute approximate surface area is 135 Å². The van der Waals surface area contributed by atoms with Crippen molar-refractivity contribution in [3.63, 3.8) is 0 Å². The van der Waals surface area contributed by atoms with E-state index in [1.807, 2.05) is 0 Å². The third-order valence-corrected chi connectivity index (χ3v) is 3.54. The van der Waals surface area contributed by atoms with Gasteiger partial charge in [0.15, 0.2) is 0 Å². The molecule has 0 saturated carbocycles. The van der Waals surface area contributed by atoms with E-state index in [-0.39, 0.29) is 0 Å². The van der Waals surface area contributed by atoms with Crippen LogP contribution in [0.15, 0.2) is 64.3 Å². The molecule has 3 aromatic rings. The van der Waals surface area contributed by atoms with Gasteiger partial charge < -0.3 is 0 Å². The SMILES string of the molecule is O=c1cnn(-c2ccc(Cl)cc2)c(=O)n1-c1ccc(Cl)cc1. The first-order valence-corrected chi connectivity index (χ1v) is 7.05. The molecule has 3 rings (SSSR count). The molecule has 1 aromatic heterocycles. The molecule has 1 heterocycles. The van der Waals surface area contributed by atoms with Crippen molar-refractivity contribution in [2.45, 2.75) is 0 Å². The fraction of sp³-hybridized carbons (Fsp3) is 0. The number of rotatable bonds is 2. The van der Waals surface area contributed by atoms with Gasteiger partial charge in [-0.25, -0.2) is 9.36 Å². The van der Waals surface area contributed by atoms with Crippen molar-refractivity contribution >= 4 is 23.2 Å². The fourth-order valence-corrected chi connectivity index (χ4v) is 2.24. The van der Waals surface area contributed by atoms with E-state index in [4.69, 9.17) is 23.2 Å². The zero-order valence-corrected chi connectivity index (χ0v) is 12.6. The lowest BCUT2D eigenvalue weighted by atomic mass is 10.3. The summed E-state index contributed by atoms with van der Waals surface area (Å²) in [5, 5.41) is 4.94. The van der Waals surface area contributed by atoms with Gasteiger partial charge in [-0.2, -0.15) is 9.78 Å². The average Bonchev–Trinajstić information content (AvgIpc) is 2.51. The quantitative estimate of drug-likeness (QED) is 0.724. The van der Waals surface area contributed by atoms with Crippen molar-refractivity contribution < 1.29 is 0 Å². The Kier molecular flexibility index (Phi) is 3.83. The highest BCUT2D eigenvalue weighted by Gasteiger charge is 2.10. The van der Waals surface area contributed by atoms with Crippen LogP contribution in [0.25, 0.3) is 11.4 Å². The summed E-state index contributed by atoms with van der Waals surface area (Å²) in [4.78, 5) is 24.6. The van der Waals surface area contributed by atoms with E-state index in [9.17, 15) is 9.59 Å². The molecule has 0 atom stereocenters. The van der Waals surface area contributed by atoms with E-state index in [0.29, 0.717) is 21.4 Å². The molecule has 0 aliphatic rings. The molecule has 0 fully saturated rings. The van der Waals surface area contributed by atoms with Crippen molar-refractivity contribution in [2.24, 2.45) is 0 Å². The third kappa shape index (κ3) is 2.68. The molecule has 110 valence electrons. The van der Waals surface area contributed by atoms with Crippen molar-refractivity contribution in [2.75, 3.05) is 0 Å². The topological polar surface area (TPSA) is 56.9 Å². The number of nitrogens with zero attached hydrogens (tertiary/aromatic N) is 3. The molecule has 0 unspecified atom stereocenters. The second-order valence-corrected chi connectivity index (χ2v) is 5.34. The summed E-state index contributed by atoms with van der Waals surface area (Å²) < 4.78 is 2.16. The van der Waals surface area contributed by atoms with Crippen LogP contribution in [0.1, 0.15) is 0 Å². The number of halogens is 2. The molecule has 7 heteroatoms. The van der Waals surface area contributed by atoms with E-state index < -0.39 is 11.2 Å². The van der Waals surface area contributed by atoms with Crippen LogP contribution in [0.5, 0.6) is 0 Å². The normalized spacial score (nSPS) is 10.6. The molecule has 0 aliphatic heterocycles. The molecule has 0 spiro atoms. The molecule has 0 N–H and O–H groups in total. The molecule has 0 aliphatic carbocycles. The highest BCUT2D eigenvalue weighted by molar-refractivity contribution is 6.30. The molecule has 0 bridgehead atoms. The van der Waals surface area contributed by atoms with Crippen LogP contribution in [0.4, 0.5) is 0 Å². The standard InChI is InChI=1S/C15H9Cl2N3O2/c16-10-1-5-12(6-2-10)19-14(21)9-18-20(15(19)22)13-7-3-11(17)4-8-13/h1-9H. The van der Waals surface area contributed by atoms with Crippen molar-refractivity contribution in [1.82, 2.24) is 14.3 Å². The minimum atomic E-state index is -0.572. The van der Waals surface area contributed by atoms with Gasteiger partial charge in [0.2, 0.25) is 0 Å². The first-order chi connectivity index (χ1) is 10.6. The van der Waals surface area contributed by atoms with E-state index >= 15 is 0 Å². The summed E-state index contributed by atoms with van der Waals surface area (Å²) in [6.45, 7) is 0. The second-order valence-electron chi connectivity index (χ2n) is 4.47. The van der Waals surface area contributed by atoms with E-state index in [2.05, 4.69) is 5.10 Å². The van der Waals surface area contributed by atoms with Crippen LogP contribution in [0.2, 0.25) is 10.0 Å². The van der Waals surface area contributed by atoms with Gasteiger partial charge in [-0.1, -0.05) is 23.2 Å². The van der Waals surface area contributed by atoms with Gasteiger partial charge in [0, 0.05) is 10.0 Å². The van der Waals surface area contributed by atoms with Gasteiger partial charge in [-0.3, -0.25) is 4.79 Å². The van der Waals surface area contributed by atoms with Crippen LogP contribution in [0.3, 0.4) is 0 Å². The van der Waals surface area contributed by atoms with Gasteiger partial charge >= 0.3 is 5.69 Å². The summed E-state index contributed by atoms with van der Waals surface area (Å²) in [5.74, 6) is 0. The van der Waals surface area contributed by atoms with Gasteiger partial charge in [0.05, 0.1) is 11.4 Å². The monoisotopic (exact) mass is 333 g/mol. The van der Waals surface area contributed by atoms with Crippen LogP contribution >= 0.6 is 23.2 Å². The highest BCUT2D eigenvalue weighted by Crippen LogP contribution is 2.12. The fourth-order valence-electron chi connectivity index (χ4n) is 1.99. The number of hydrogen-bond acceptors (Lipinski definition) is 3. The molecule has 0 amide bonds. The Hall–Kier alpha value is -2.37. The molecule has 0 radical (unpaired) electrons. The molecule has 2 aromatic carbocycles. The zero-order chi connectivity index (χ0) is 15.7. The summed E-state index contributed by atoms with van der Waals surface area (Å²) in [6.07, 6.45) is 1.09. The molecular weight excluding hydrogens is 325 g/mol. The highest BCUT2D eigenvalue weighted by atomic mass is 35.5. The van der Waals surface area contributed by atoms with Gasteiger partial charge in [0.25, 0.3) is 5.56 Å². The lowest BCUT2D eigenvalue weighted by Crippen LogP contribution is -2.39. The Balaban J connectivity index is 2.22. The number of aromatic nitrogens is 3. The van der Waals surface area contributed by atoms with Gasteiger partial charge in [0.1, 0.15) is 6.20 Å². The minimum absolute atomic E-state index is 0.421. The summed E-state index contributed by atoms with van der Waals surface area (Å²) >= 11 is 11.7. The number of hydrogen-bond donors (Lipinski definition) is 0. The Bertz CT molecular complexity index is 929. The van der Waals surface area contributed by atoms with Gasteiger partial charge in [-0.05, 0) is 48.5 Å². The lowest BCUT2D eigenvalue weighted by Gasteiger charge is -2.08. The lowest BCUT2D eigenvalue weighted by molar-refractivity contribution is 0.699. The molecule has 0 saturated heterocycles. The van der Waals surface area contributed by atoms with Crippen LogP contribution < -0.4 is 11.2 Å². The summed E-state index contributed by atoms with van der Waals surface area (Å²) in [6, 6.07) is 13.0.